The lowest BCUT2D eigenvalue weighted by Gasteiger charge is -2.15. The molecule has 1 N–H and O–H groups in total. The van der Waals surface area contributed by atoms with Gasteiger partial charge in [0.15, 0.2) is 0 Å². The molecule has 2 fully saturated rings. The summed E-state index contributed by atoms with van der Waals surface area (Å²) in [7, 11) is 0. The van der Waals surface area contributed by atoms with Crippen LogP contribution in [-0.4, -0.2) is 42.0 Å². The summed E-state index contributed by atoms with van der Waals surface area (Å²) in [5.41, 5.74) is 0.0969. The molecule has 0 unspecified atom stereocenters. The minimum atomic E-state index is -0.667. The number of fused-ring (bicyclic) bond motifs is 1. The van der Waals surface area contributed by atoms with Gasteiger partial charge in [0.25, 0.3) is 5.91 Å². The van der Waals surface area contributed by atoms with Gasteiger partial charge in [0.2, 0.25) is 0 Å². The van der Waals surface area contributed by atoms with Gasteiger partial charge in [0.05, 0.1) is 5.56 Å². The van der Waals surface area contributed by atoms with Gasteiger partial charge in [0, 0.05) is 31.6 Å². The van der Waals surface area contributed by atoms with Crippen molar-refractivity contribution in [3.05, 3.63) is 40.9 Å². The minimum Gasteiger partial charge on any atom is -0.337 e. The molecule has 1 amide bonds. The largest absolute Gasteiger partial charge is 0.337 e. The molecule has 0 bridgehead atoms. The zero-order valence-electron chi connectivity index (χ0n) is 12.3. The Bertz CT molecular complexity index is 731. The highest BCUT2D eigenvalue weighted by molar-refractivity contribution is 7.13. The average Bonchev–Trinajstić information content (AvgIpc) is 3.22. The summed E-state index contributed by atoms with van der Waals surface area (Å²) in [6.45, 7) is 3.32. The maximum atomic E-state index is 13.8. The van der Waals surface area contributed by atoms with E-state index in [0.717, 1.165) is 37.5 Å². The Morgan fingerprint density at radius 3 is 2.52 bits per heavy atom. The molecule has 2 aliphatic heterocycles. The van der Waals surface area contributed by atoms with Gasteiger partial charge in [-0.05, 0) is 24.0 Å². The number of carbonyl (C=O) groups excluding carboxylic acids is 1. The molecule has 7 heteroatoms. The molecular formula is C16H15F2N3OS. The Balaban J connectivity index is 1.57. The second-order valence-electron chi connectivity index (χ2n) is 6.02. The lowest BCUT2D eigenvalue weighted by molar-refractivity contribution is 0.0777. The van der Waals surface area contributed by atoms with E-state index in [1.807, 2.05) is 0 Å². The van der Waals surface area contributed by atoms with Gasteiger partial charge in [-0.25, -0.2) is 13.8 Å². The monoisotopic (exact) mass is 335 g/mol. The second-order valence-corrected chi connectivity index (χ2v) is 6.88. The maximum Gasteiger partial charge on any atom is 0.273 e. The van der Waals surface area contributed by atoms with E-state index in [1.54, 1.807) is 10.3 Å². The zero-order valence-corrected chi connectivity index (χ0v) is 13.1. The fraction of sp³-hybridized carbons (Fsp3) is 0.375. The fourth-order valence-electron chi connectivity index (χ4n) is 3.37. The van der Waals surface area contributed by atoms with E-state index in [9.17, 15) is 13.6 Å². The van der Waals surface area contributed by atoms with Crippen molar-refractivity contribution in [2.24, 2.45) is 11.8 Å². The van der Waals surface area contributed by atoms with Gasteiger partial charge in [0.1, 0.15) is 22.3 Å². The van der Waals surface area contributed by atoms with Crippen LogP contribution < -0.4 is 5.32 Å². The SMILES string of the molecule is O=C(c1csc(-c2c(F)cccc2F)n1)N1C[C@H]2CNC[C@H]2C1. The van der Waals surface area contributed by atoms with Crippen molar-refractivity contribution in [1.29, 1.82) is 0 Å². The number of amides is 1. The van der Waals surface area contributed by atoms with E-state index in [1.165, 1.54) is 18.2 Å². The summed E-state index contributed by atoms with van der Waals surface area (Å²) in [5, 5.41) is 5.11. The van der Waals surface area contributed by atoms with Crippen LogP contribution in [0.1, 0.15) is 10.5 Å². The van der Waals surface area contributed by atoms with Crippen molar-refractivity contribution in [3.8, 4) is 10.6 Å². The lowest BCUT2D eigenvalue weighted by atomic mass is 10.0. The van der Waals surface area contributed by atoms with Gasteiger partial charge in [-0.2, -0.15) is 0 Å². The van der Waals surface area contributed by atoms with Crippen molar-refractivity contribution in [3.63, 3.8) is 0 Å². The van der Waals surface area contributed by atoms with Gasteiger partial charge in [-0.3, -0.25) is 4.79 Å². The number of nitrogens with one attached hydrogen (secondary N) is 1. The molecule has 0 radical (unpaired) electrons. The molecule has 4 rings (SSSR count). The molecule has 23 heavy (non-hydrogen) atoms. The Kier molecular flexibility index (Phi) is 3.61. The average molecular weight is 335 g/mol. The number of halogens is 2. The Morgan fingerprint density at radius 1 is 1.22 bits per heavy atom. The first-order valence-electron chi connectivity index (χ1n) is 7.53. The Morgan fingerprint density at radius 2 is 1.87 bits per heavy atom. The molecule has 2 aromatic rings. The first-order valence-corrected chi connectivity index (χ1v) is 8.41. The van der Waals surface area contributed by atoms with Crippen LogP contribution in [0.5, 0.6) is 0 Å². The molecule has 1 aromatic carbocycles. The van der Waals surface area contributed by atoms with Crippen LogP contribution in [0.4, 0.5) is 8.78 Å². The highest BCUT2D eigenvalue weighted by Gasteiger charge is 2.38. The van der Waals surface area contributed by atoms with Crippen LogP contribution in [0, 0.1) is 23.5 Å². The zero-order chi connectivity index (χ0) is 16.0. The van der Waals surface area contributed by atoms with Crippen LogP contribution in [0.25, 0.3) is 10.6 Å². The molecule has 3 heterocycles. The van der Waals surface area contributed by atoms with Gasteiger partial charge >= 0.3 is 0 Å². The third kappa shape index (κ3) is 2.53. The van der Waals surface area contributed by atoms with E-state index in [0.29, 0.717) is 11.8 Å². The van der Waals surface area contributed by atoms with Crippen LogP contribution >= 0.6 is 11.3 Å². The van der Waals surface area contributed by atoms with E-state index in [-0.39, 0.29) is 22.2 Å². The molecule has 2 atom stereocenters. The number of thiazole rings is 1. The predicted octanol–water partition coefficient (Wildman–Crippen LogP) is 2.38. The molecule has 2 aliphatic rings. The maximum absolute atomic E-state index is 13.8. The van der Waals surface area contributed by atoms with Crippen LogP contribution in [0.15, 0.2) is 23.6 Å². The number of hydrogen-bond donors (Lipinski definition) is 1. The molecule has 2 saturated heterocycles. The van der Waals surface area contributed by atoms with Crippen molar-refractivity contribution in [2.45, 2.75) is 0 Å². The van der Waals surface area contributed by atoms with Gasteiger partial charge < -0.3 is 10.2 Å². The number of aromatic nitrogens is 1. The van der Waals surface area contributed by atoms with Crippen LogP contribution in [0.3, 0.4) is 0 Å². The summed E-state index contributed by atoms with van der Waals surface area (Å²) >= 11 is 1.09. The highest BCUT2D eigenvalue weighted by Crippen LogP contribution is 2.31. The number of hydrogen-bond acceptors (Lipinski definition) is 4. The number of carbonyl (C=O) groups is 1. The number of benzene rings is 1. The quantitative estimate of drug-likeness (QED) is 0.916. The third-order valence-corrected chi connectivity index (χ3v) is 5.44. The summed E-state index contributed by atoms with van der Waals surface area (Å²) in [4.78, 5) is 18.5. The normalized spacial score (nSPS) is 23.3. The lowest BCUT2D eigenvalue weighted by Crippen LogP contribution is -2.32. The van der Waals surface area contributed by atoms with Gasteiger partial charge in [-0.15, -0.1) is 11.3 Å². The Hall–Kier alpha value is -1.86. The Labute approximate surface area is 136 Å². The molecular weight excluding hydrogens is 320 g/mol. The van der Waals surface area contributed by atoms with Crippen LogP contribution in [0.2, 0.25) is 0 Å². The summed E-state index contributed by atoms with van der Waals surface area (Å²) in [6.07, 6.45) is 0. The molecule has 4 nitrogen and oxygen atoms in total. The van der Waals surface area contributed by atoms with E-state index in [2.05, 4.69) is 10.3 Å². The first-order chi connectivity index (χ1) is 11.1. The second kappa shape index (κ2) is 5.65. The molecule has 0 aliphatic carbocycles. The highest BCUT2D eigenvalue weighted by atomic mass is 32.1. The van der Waals surface area contributed by atoms with Crippen molar-refractivity contribution >= 4 is 17.2 Å². The summed E-state index contributed by atoms with van der Waals surface area (Å²) in [6, 6.07) is 3.69. The molecule has 0 spiro atoms. The third-order valence-electron chi connectivity index (χ3n) is 4.58. The van der Waals surface area contributed by atoms with E-state index < -0.39 is 11.6 Å². The summed E-state index contributed by atoms with van der Waals surface area (Å²) < 4.78 is 27.7. The fourth-order valence-corrected chi connectivity index (χ4v) is 4.21. The van der Waals surface area contributed by atoms with E-state index in [4.69, 9.17) is 0 Å². The molecule has 120 valence electrons. The van der Waals surface area contributed by atoms with Crippen molar-refractivity contribution in [1.82, 2.24) is 15.2 Å². The number of nitrogens with zero attached hydrogens (tertiary/aromatic N) is 2. The molecule has 1 aromatic heterocycles. The number of rotatable bonds is 2. The van der Waals surface area contributed by atoms with Crippen LogP contribution in [-0.2, 0) is 0 Å². The van der Waals surface area contributed by atoms with Gasteiger partial charge in [-0.1, -0.05) is 6.07 Å². The first kappa shape index (κ1) is 14.7. The van der Waals surface area contributed by atoms with Crippen molar-refractivity contribution < 1.29 is 13.6 Å². The van der Waals surface area contributed by atoms with Crippen molar-refractivity contribution in [2.75, 3.05) is 26.2 Å². The standard InChI is InChI=1S/C16H15F2N3OS/c17-11-2-1-3-12(18)14(11)15-20-13(8-23-15)16(22)21-6-9-4-19-5-10(9)7-21/h1-3,8-10,19H,4-7H2/t9-,10+. The predicted molar refractivity (Wildman–Crippen MR) is 83.2 cm³/mol. The minimum absolute atomic E-state index is 0.154. The smallest absolute Gasteiger partial charge is 0.273 e. The summed E-state index contributed by atoms with van der Waals surface area (Å²) in [5.74, 6) is -0.485. The topological polar surface area (TPSA) is 45.2 Å². The van der Waals surface area contributed by atoms with E-state index >= 15 is 0 Å². The number of likely N-dealkylation sites (tertiary alicyclic amines) is 1. The molecule has 0 saturated carbocycles.